The maximum absolute atomic E-state index is 12.4. The number of nitrogens with one attached hydrogen (secondary N) is 1. The molecule has 23 heavy (non-hydrogen) atoms. The molecule has 0 bridgehead atoms. The Hall–Kier alpha value is -2.04. The number of H-pyrrole nitrogens is 1. The molecular weight excluding hydrogens is 290 g/mol. The topological polar surface area (TPSA) is 58.2 Å². The van der Waals surface area contributed by atoms with Crippen LogP contribution in [0.5, 0.6) is 5.75 Å². The quantitative estimate of drug-likeness (QED) is 0.919. The number of hydrogen-bond donors (Lipinski definition) is 1. The summed E-state index contributed by atoms with van der Waals surface area (Å²) in [7, 11) is 0. The molecule has 0 aliphatic carbocycles. The summed E-state index contributed by atoms with van der Waals surface area (Å²) in [5, 5.41) is 0.590. The predicted octanol–water partition coefficient (Wildman–Crippen LogP) is 3.34. The fraction of sp³-hybridized carbons (Fsp3) is 0.556. The largest absolute Gasteiger partial charge is 0.493 e. The Balaban J connectivity index is 1.85. The summed E-state index contributed by atoms with van der Waals surface area (Å²) in [4.78, 5) is 22.1. The van der Waals surface area contributed by atoms with E-state index < -0.39 is 0 Å². The second kappa shape index (κ2) is 7.02. The minimum atomic E-state index is -0.0930. The first-order valence-electron chi connectivity index (χ1n) is 8.59. The molecule has 2 heterocycles. The smallest absolute Gasteiger partial charge is 0.260 e. The lowest BCUT2D eigenvalue weighted by Crippen LogP contribution is -2.32. The standard InChI is InChI=1S/C18H25N3O2/c1-3-13(2)12-23-14-7-8-16-15(11-14)17(22)20-18(19-16)21-9-5-4-6-10-21/h7-8,11,13H,3-6,9-10,12H2,1-2H3,(H,19,20,22). The molecule has 0 amide bonds. The molecule has 1 atom stereocenters. The molecule has 0 saturated carbocycles. The second-order valence-corrected chi connectivity index (χ2v) is 6.44. The number of benzene rings is 1. The predicted molar refractivity (Wildman–Crippen MR) is 93.4 cm³/mol. The van der Waals surface area contributed by atoms with Crippen LogP contribution in [-0.2, 0) is 0 Å². The van der Waals surface area contributed by atoms with Crippen molar-refractivity contribution in [2.24, 2.45) is 5.92 Å². The van der Waals surface area contributed by atoms with Crippen LogP contribution in [0.1, 0.15) is 39.5 Å². The fourth-order valence-electron chi connectivity index (χ4n) is 2.81. The molecule has 2 aromatic rings. The molecule has 124 valence electrons. The maximum Gasteiger partial charge on any atom is 0.260 e. The Morgan fingerprint density at radius 1 is 1.30 bits per heavy atom. The number of aromatic nitrogens is 2. The van der Waals surface area contributed by atoms with Crippen molar-refractivity contribution < 1.29 is 4.74 Å². The Morgan fingerprint density at radius 3 is 2.83 bits per heavy atom. The van der Waals surface area contributed by atoms with Gasteiger partial charge in [-0.3, -0.25) is 9.78 Å². The highest BCUT2D eigenvalue weighted by Crippen LogP contribution is 2.21. The van der Waals surface area contributed by atoms with Crippen molar-refractivity contribution in [3.05, 3.63) is 28.6 Å². The van der Waals surface area contributed by atoms with E-state index >= 15 is 0 Å². The van der Waals surface area contributed by atoms with E-state index in [4.69, 9.17) is 4.74 Å². The van der Waals surface area contributed by atoms with Gasteiger partial charge >= 0.3 is 0 Å². The van der Waals surface area contributed by atoms with Crippen molar-refractivity contribution in [2.45, 2.75) is 39.5 Å². The van der Waals surface area contributed by atoms with Gasteiger partial charge in [-0.1, -0.05) is 20.3 Å². The molecule has 0 spiro atoms. The van der Waals surface area contributed by atoms with E-state index in [0.29, 0.717) is 23.9 Å². The Labute approximate surface area is 136 Å². The van der Waals surface area contributed by atoms with E-state index in [0.717, 1.165) is 43.6 Å². The van der Waals surface area contributed by atoms with Crippen molar-refractivity contribution in [3.63, 3.8) is 0 Å². The van der Waals surface area contributed by atoms with Gasteiger partial charge < -0.3 is 9.64 Å². The molecule has 1 aromatic carbocycles. The zero-order chi connectivity index (χ0) is 16.2. The third-order valence-corrected chi connectivity index (χ3v) is 4.55. The molecule has 1 saturated heterocycles. The zero-order valence-electron chi connectivity index (χ0n) is 14.0. The van der Waals surface area contributed by atoms with E-state index in [1.165, 1.54) is 6.42 Å². The first kappa shape index (κ1) is 15.8. The van der Waals surface area contributed by atoms with E-state index in [1.54, 1.807) is 6.07 Å². The van der Waals surface area contributed by atoms with Gasteiger partial charge in [0.05, 0.1) is 17.5 Å². The lowest BCUT2D eigenvalue weighted by molar-refractivity contribution is 0.257. The van der Waals surface area contributed by atoms with Gasteiger partial charge in [0.2, 0.25) is 5.95 Å². The van der Waals surface area contributed by atoms with Crippen molar-refractivity contribution in [1.29, 1.82) is 0 Å². The van der Waals surface area contributed by atoms with Gasteiger partial charge in [-0.2, -0.15) is 0 Å². The third-order valence-electron chi connectivity index (χ3n) is 4.55. The molecule has 1 aliphatic heterocycles. The number of rotatable bonds is 5. The lowest BCUT2D eigenvalue weighted by atomic mass is 10.1. The van der Waals surface area contributed by atoms with Gasteiger partial charge in [0.25, 0.3) is 5.56 Å². The lowest BCUT2D eigenvalue weighted by Gasteiger charge is -2.27. The van der Waals surface area contributed by atoms with Crippen LogP contribution in [-0.4, -0.2) is 29.7 Å². The van der Waals surface area contributed by atoms with Crippen LogP contribution < -0.4 is 15.2 Å². The third kappa shape index (κ3) is 3.66. The molecular formula is C18H25N3O2. The van der Waals surface area contributed by atoms with Gasteiger partial charge in [0, 0.05) is 13.1 Å². The summed E-state index contributed by atoms with van der Waals surface area (Å²) in [6.45, 7) is 6.89. The van der Waals surface area contributed by atoms with E-state index in [1.807, 2.05) is 12.1 Å². The highest BCUT2D eigenvalue weighted by Gasteiger charge is 2.14. The van der Waals surface area contributed by atoms with E-state index in [9.17, 15) is 4.79 Å². The van der Waals surface area contributed by atoms with Crippen LogP contribution in [0.15, 0.2) is 23.0 Å². The van der Waals surface area contributed by atoms with E-state index in [2.05, 4.69) is 28.7 Å². The minimum Gasteiger partial charge on any atom is -0.493 e. The number of aromatic amines is 1. The minimum absolute atomic E-state index is 0.0930. The fourth-order valence-corrected chi connectivity index (χ4v) is 2.81. The molecule has 1 N–H and O–H groups in total. The van der Waals surface area contributed by atoms with Gasteiger partial charge in [-0.25, -0.2) is 4.98 Å². The molecule has 1 aromatic heterocycles. The van der Waals surface area contributed by atoms with Gasteiger partial charge in [0.1, 0.15) is 5.75 Å². The number of piperidine rings is 1. The molecule has 3 rings (SSSR count). The van der Waals surface area contributed by atoms with Crippen molar-refractivity contribution in [1.82, 2.24) is 9.97 Å². The van der Waals surface area contributed by atoms with Crippen LogP contribution in [0.3, 0.4) is 0 Å². The Morgan fingerprint density at radius 2 is 2.09 bits per heavy atom. The number of fused-ring (bicyclic) bond motifs is 1. The summed E-state index contributed by atoms with van der Waals surface area (Å²) in [6, 6.07) is 5.57. The summed E-state index contributed by atoms with van der Waals surface area (Å²) < 4.78 is 5.78. The van der Waals surface area contributed by atoms with E-state index in [-0.39, 0.29) is 5.56 Å². The highest BCUT2D eigenvalue weighted by molar-refractivity contribution is 5.80. The van der Waals surface area contributed by atoms with Crippen LogP contribution in [0.4, 0.5) is 5.95 Å². The number of ether oxygens (including phenoxy) is 1. The first-order chi connectivity index (χ1) is 11.2. The molecule has 1 aliphatic rings. The molecule has 5 heteroatoms. The van der Waals surface area contributed by atoms with Crippen LogP contribution in [0.25, 0.3) is 10.9 Å². The van der Waals surface area contributed by atoms with Crippen molar-refractivity contribution >= 4 is 16.9 Å². The molecule has 1 unspecified atom stereocenters. The summed E-state index contributed by atoms with van der Waals surface area (Å²) in [5.41, 5.74) is 0.634. The monoisotopic (exact) mass is 315 g/mol. The second-order valence-electron chi connectivity index (χ2n) is 6.44. The summed E-state index contributed by atoms with van der Waals surface area (Å²) in [6.07, 6.45) is 4.65. The van der Waals surface area contributed by atoms with Crippen molar-refractivity contribution in [3.8, 4) is 5.75 Å². The molecule has 5 nitrogen and oxygen atoms in total. The summed E-state index contributed by atoms with van der Waals surface area (Å²) >= 11 is 0. The van der Waals surface area contributed by atoms with Gasteiger partial charge in [-0.05, 0) is 43.4 Å². The van der Waals surface area contributed by atoms with Crippen molar-refractivity contribution in [2.75, 3.05) is 24.6 Å². The zero-order valence-corrected chi connectivity index (χ0v) is 14.0. The SMILES string of the molecule is CCC(C)COc1ccc2nc(N3CCCCC3)[nH]c(=O)c2c1. The highest BCUT2D eigenvalue weighted by atomic mass is 16.5. The first-order valence-corrected chi connectivity index (χ1v) is 8.59. The Kier molecular flexibility index (Phi) is 4.84. The van der Waals surface area contributed by atoms with Crippen LogP contribution in [0.2, 0.25) is 0 Å². The van der Waals surface area contributed by atoms with Gasteiger partial charge in [0.15, 0.2) is 0 Å². The normalized spacial score (nSPS) is 16.5. The number of nitrogens with zero attached hydrogens (tertiary/aromatic N) is 2. The average molecular weight is 315 g/mol. The summed E-state index contributed by atoms with van der Waals surface area (Å²) in [5.74, 6) is 1.93. The van der Waals surface area contributed by atoms with Gasteiger partial charge in [-0.15, -0.1) is 0 Å². The molecule has 0 radical (unpaired) electrons. The van der Waals surface area contributed by atoms with Crippen LogP contribution in [0, 0.1) is 5.92 Å². The number of anilines is 1. The Bertz CT molecular complexity index is 720. The number of hydrogen-bond acceptors (Lipinski definition) is 4. The average Bonchev–Trinajstić information content (AvgIpc) is 2.60. The van der Waals surface area contributed by atoms with Crippen LogP contribution >= 0.6 is 0 Å². The molecule has 1 fully saturated rings. The maximum atomic E-state index is 12.4.